The second kappa shape index (κ2) is 5.76. The van der Waals surface area contributed by atoms with Crippen molar-refractivity contribution in [3.63, 3.8) is 0 Å². The third kappa shape index (κ3) is 2.54. The lowest BCUT2D eigenvalue weighted by atomic mass is 10.0. The Morgan fingerprint density at radius 3 is 2.14 bits per heavy atom. The van der Waals surface area contributed by atoms with Crippen LogP contribution in [0.25, 0.3) is 22.3 Å². The highest BCUT2D eigenvalue weighted by Crippen LogP contribution is 2.36. The van der Waals surface area contributed by atoms with Gasteiger partial charge in [0.05, 0.1) is 14.2 Å². The van der Waals surface area contributed by atoms with E-state index in [1.165, 1.54) is 0 Å². The highest BCUT2D eigenvalue weighted by molar-refractivity contribution is 5.87. The minimum atomic E-state index is 0.368. The van der Waals surface area contributed by atoms with E-state index in [-0.39, 0.29) is 0 Å². The summed E-state index contributed by atoms with van der Waals surface area (Å²) in [5.41, 5.74) is 3.13. The first-order valence-electron chi connectivity index (χ1n) is 7.38. The van der Waals surface area contributed by atoms with Gasteiger partial charge in [-0.05, 0) is 48.4 Å². The van der Waals surface area contributed by atoms with E-state index >= 15 is 0 Å². The Morgan fingerprint density at radius 1 is 0.864 bits per heavy atom. The molecule has 3 rings (SSSR count). The summed E-state index contributed by atoms with van der Waals surface area (Å²) >= 11 is 0. The quantitative estimate of drug-likeness (QED) is 0.659. The third-order valence-electron chi connectivity index (χ3n) is 3.85. The molecule has 3 aromatic rings. The lowest BCUT2D eigenvalue weighted by Crippen LogP contribution is -1.90. The molecule has 0 N–H and O–H groups in total. The van der Waals surface area contributed by atoms with Gasteiger partial charge in [-0.3, -0.25) is 0 Å². The number of hydrogen-bond acceptors (Lipinski definition) is 3. The van der Waals surface area contributed by atoms with E-state index in [4.69, 9.17) is 13.9 Å². The van der Waals surface area contributed by atoms with E-state index in [1.54, 1.807) is 14.2 Å². The van der Waals surface area contributed by atoms with Gasteiger partial charge >= 0.3 is 0 Å². The van der Waals surface area contributed by atoms with Gasteiger partial charge in [-0.15, -0.1) is 0 Å². The van der Waals surface area contributed by atoms with Gasteiger partial charge in [-0.2, -0.15) is 0 Å². The molecule has 1 aromatic heterocycles. The summed E-state index contributed by atoms with van der Waals surface area (Å²) in [6.45, 7) is 4.31. The van der Waals surface area contributed by atoms with Gasteiger partial charge < -0.3 is 13.9 Å². The summed E-state index contributed by atoms with van der Waals surface area (Å²) in [4.78, 5) is 0. The van der Waals surface area contributed by atoms with Crippen molar-refractivity contribution in [3.8, 4) is 22.8 Å². The Hall–Kier alpha value is -2.42. The predicted octanol–water partition coefficient (Wildman–Crippen LogP) is 5.24. The summed E-state index contributed by atoms with van der Waals surface area (Å²) in [5, 5.41) is 1.06. The zero-order chi connectivity index (χ0) is 15.7. The van der Waals surface area contributed by atoms with Gasteiger partial charge in [0, 0.05) is 16.5 Å². The van der Waals surface area contributed by atoms with Gasteiger partial charge in [-0.25, -0.2) is 0 Å². The molecule has 0 unspecified atom stereocenters. The first-order chi connectivity index (χ1) is 10.6. The van der Waals surface area contributed by atoms with Gasteiger partial charge in [0.25, 0.3) is 0 Å². The van der Waals surface area contributed by atoms with Crippen molar-refractivity contribution in [2.75, 3.05) is 14.2 Å². The Labute approximate surface area is 130 Å². The van der Waals surface area contributed by atoms with Crippen LogP contribution in [0.3, 0.4) is 0 Å². The fourth-order valence-electron chi connectivity index (χ4n) is 2.60. The molecule has 1 heterocycles. The molecular formula is C19H20O3. The minimum Gasteiger partial charge on any atom is -0.497 e. The topological polar surface area (TPSA) is 31.6 Å². The standard InChI is InChI=1S/C19H20O3/c1-12(2)17-11-16(21-4)9-14-10-18(22-19(14)17)13-5-7-15(20-3)8-6-13/h5-12H,1-4H3. The molecule has 0 bridgehead atoms. The molecule has 0 fully saturated rings. The van der Waals surface area contributed by atoms with Crippen molar-refractivity contribution in [1.82, 2.24) is 0 Å². The average molecular weight is 296 g/mol. The lowest BCUT2D eigenvalue weighted by molar-refractivity contribution is 0.414. The number of ether oxygens (including phenoxy) is 2. The summed E-state index contributed by atoms with van der Waals surface area (Å²) in [5.74, 6) is 2.92. The van der Waals surface area contributed by atoms with E-state index in [2.05, 4.69) is 19.9 Å². The maximum absolute atomic E-state index is 6.12. The van der Waals surface area contributed by atoms with Crippen LogP contribution in [0.15, 0.2) is 46.9 Å². The van der Waals surface area contributed by atoms with Crippen LogP contribution < -0.4 is 9.47 Å². The molecule has 22 heavy (non-hydrogen) atoms. The van der Waals surface area contributed by atoms with Crippen molar-refractivity contribution in [2.24, 2.45) is 0 Å². The summed E-state index contributed by atoms with van der Waals surface area (Å²) in [6.07, 6.45) is 0. The Balaban J connectivity index is 2.13. The number of hydrogen-bond donors (Lipinski definition) is 0. The first kappa shape index (κ1) is 14.5. The van der Waals surface area contributed by atoms with Crippen LogP contribution in [0.1, 0.15) is 25.3 Å². The molecule has 0 aliphatic rings. The predicted molar refractivity (Wildman–Crippen MR) is 88.8 cm³/mol. The van der Waals surface area contributed by atoms with Crippen LogP contribution in [0.2, 0.25) is 0 Å². The number of rotatable bonds is 4. The van der Waals surface area contributed by atoms with Crippen LogP contribution in [0, 0.1) is 0 Å². The van der Waals surface area contributed by atoms with Crippen LogP contribution in [0.4, 0.5) is 0 Å². The van der Waals surface area contributed by atoms with Gasteiger partial charge in [0.2, 0.25) is 0 Å². The molecule has 3 nitrogen and oxygen atoms in total. The van der Waals surface area contributed by atoms with Crippen molar-refractivity contribution in [2.45, 2.75) is 19.8 Å². The summed E-state index contributed by atoms with van der Waals surface area (Å²) in [6, 6.07) is 14.0. The van der Waals surface area contributed by atoms with E-state index in [9.17, 15) is 0 Å². The fraction of sp³-hybridized carbons (Fsp3) is 0.263. The molecule has 0 atom stereocenters. The van der Waals surface area contributed by atoms with Crippen LogP contribution >= 0.6 is 0 Å². The highest BCUT2D eigenvalue weighted by Gasteiger charge is 2.14. The lowest BCUT2D eigenvalue weighted by Gasteiger charge is -2.08. The van der Waals surface area contributed by atoms with E-state index in [0.29, 0.717) is 5.92 Å². The van der Waals surface area contributed by atoms with Crippen molar-refractivity contribution >= 4 is 11.0 Å². The van der Waals surface area contributed by atoms with Crippen molar-refractivity contribution in [1.29, 1.82) is 0 Å². The average Bonchev–Trinajstić information content (AvgIpc) is 2.97. The number of furan rings is 1. The maximum atomic E-state index is 6.12. The SMILES string of the molecule is COc1ccc(-c2cc3cc(OC)cc(C(C)C)c3o2)cc1. The molecule has 0 saturated carbocycles. The molecule has 2 aromatic carbocycles. The van der Waals surface area contributed by atoms with Gasteiger partial charge in [0.15, 0.2) is 0 Å². The third-order valence-corrected chi connectivity index (χ3v) is 3.85. The molecule has 0 saturated heterocycles. The Kier molecular flexibility index (Phi) is 3.80. The van der Waals surface area contributed by atoms with Crippen molar-refractivity contribution in [3.05, 3.63) is 48.0 Å². The zero-order valence-corrected chi connectivity index (χ0v) is 13.3. The molecule has 0 aliphatic carbocycles. The molecule has 0 spiro atoms. The smallest absolute Gasteiger partial charge is 0.138 e. The van der Waals surface area contributed by atoms with E-state index in [0.717, 1.165) is 39.4 Å². The summed E-state index contributed by atoms with van der Waals surface area (Å²) < 4.78 is 16.7. The molecule has 0 radical (unpaired) electrons. The highest BCUT2D eigenvalue weighted by atomic mass is 16.5. The summed E-state index contributed by atoms with van der Waals surface area (Å²) in [7, 11) is 3.35. The molecular weight excluding hydrogens is 276 g/mol. The second-order valence-electron chi connectivity index (χ2n) is 5.63. The molecule has 3 heteroatoms. The molecule has 0 aliphatic heterocycles. The van der Waals surface area contributed by atoms with Crippen LogP contribution in [0.5, 0.6) is 11.5 Å². The second-order valence-corrected chi connectivity index (χ2v) is 5.63. The normalized spacial score (nSPS) is 11.1. The zero-order valence-electron chi connectivity index (χ0n) is 13.3. The number of benzene rings is 2. The monoisotopic (exact) mass is 296 g/mol. The maximum Gasteiger partial charge on any atom is 0.138 e. The minimum absolute atomic E-state index is 0.368. The molecule has 114 valence electrons. The van der Waals surface area contributed by atoms with Crippen molar-refractivity contribution < 1.29 is 13.9 Å². The van der Waals surface area contributed by atoms with Crippen LogP contribution in [-0.2, 0) is 0 Å². The number of fused-ring (bicyclic) bond motifs is 1. The largest absolute Gasteiger partial charge is 0.497 e. The number of methoxy groups -OCH3 is 2. The first-order valence-corrected chi connectivity index (χ1v) is 7.38. The molecule has 0 amide bonds. The van der Waals surface area contributed by atoms with Gasteiger partial charge in [-0.1, -0.05) is 13.8 Å². The fourth-order valence-corrected chi connectivity index (χ4v) is 2.60. The Morgan fingerprint density at radius 2 is 1.55 bits per heavy atom. The Bertz CT molecular complexity index is 782. The van der Waals surface area contributed by atoms with E-state index < -0.39 is 0 Å². The van der Waals surface area contributed by atoms with E-state index in [1.807, 2.05) is 36.4 Å². The van der Waals surface area contributed by atoms with Gasteiger partial charge in [0.1, 0.15) is 22.8 Å². The van der Waals surface area contributed by atoms with Crippen LogP contribution in [-0.4, -0.2) is 14.2 Å².